The van der Waals surface area contributed by atoms with Crippen molar-refractivity contribution in [1.29, 1.82) is 0 Å². The van der Waals surface area contributed by atoms with Crippen molar-refractivity contribution in [1.82, 2.24) is 0 Å². The number of carbonyl (C=O) groups is 1. The zero-order valence-corrected chi connectivity index (χ0v) is 10.0. The van der Waals surface area contributed by atoms with E-state index in [1.165, 1.54) is 22.3 Å². The number of hydrogen-bond acceptors (Lipinski definition) is 1. The van der Waals surface area contributed by atoms with E-state index in [1.54, 1.807) is 0 Å². The summed E-state index contributed by atoms with van der Waals surface area (Å²) < 4.78 is 0. The summed E-state index contributed by atoms with van der Waals surface area (Å²) in [5.74, 6) is 0. The molecule has 2 aliphatic carbocycles. The Morgan fingerprint density at radius 3 is 2.62 bits per heavy atom. The molecule has 82 valence electrons. The highest BCUT2D eigenvalue weighted by molar-refractivity contribution is 5.88. The number of hydrogen-bond donors (Lipinski definition) is 0. The van der Waals surface area contributed by atoms with Gasteiger partial charge in [0.25, 0.3) is 0 Å². The van der Waals surface area contributed by atoms with Crippen LogP contribution in [0.25, 0.3) is 0 Å². The summed E-state index contributed by atoms with van der Waals surface area (Å²) in [7, 11) is 0. The highest BCUT2D eigenvalue weighted by Gasteiger charge is 2.19. The number of rotatable bonds is 1. The lowest BCUT2D eigenvalue weighted by Gasteiger charge is -2.05. The minimum atomic E-state index is 0.795. The minimum absolute atomic E-state index is 0.795. The maximum absolute atomic E-state index is 11.0. The summed E-state index contributed by atoms with van der Waals surface area (Å²) in [4.78, 5) is 11.0. The maximum atomic E-state index is 11.0. The van der Waals surface area contributed by atoms with E-state index in [-0.39, 0.29) is 0 Å². The van der Waals surface area contributed by atoms with Gasteiger partial charge in [-0.15, -0.1) is 0 Å². The molecule has 0 spiro atoms. The minimum Gasteiger partial charge on any atom is -0.298 e. The summed E-state index contributed by atoms with van der Waals surface area (Å²) in [6.45, 7) is 6.34. The quantitative estimate of drug-likeness (QED) is 0.606. The van der Waals surface area contributed by atoms with Gasteiger partial charge in [-0.1, -0.05) is 29.9 Å². The van der Waals surface area contributed by atoms with E-state index in [0.717, 1.165) is 23.9 Å². The maximum Gasteiger partial charge on any atom is 0.150 e. The van der Waals surface area contributed by atoms with Gasteiger partial charge in [-0.25, -0.2) is 0 Å². The standard InChI is InChI=1S/C15H16O/c1-10(2)12-5-4-11(3)14-7-6-13(9-16)15(14)8-12/h4,6-9H,5H2,1-3H3. The summed E-state index contributed by atoms with van der Waals surface area (Å²) in [6.07, 6.45) is 10.2. The van der Waals surface area contributed by atoms with Gasteiger partial charge in [0.15, 0.2) is 6.29 Å². The van der Waals surface area contributed by atoms with E-state index >= 15 is 0 Å². The Morgan fingerprint density at radius 2 is 2.00 bits per heavy atom. The number of allylic oxidation sites excluding steroid dienone is 10. The Morgan fingerprint density at radius 1 is 1.25 bits per heavy atom. The van der Waals surface area contributed by atoms with Gasteiger partial charge in [-0.3, -0.25) is 4.79 Å². The lowest BCUT2D eigenvalue weighted by atomic mass is 9.98. The molecule has 0 amide bonds. The molecule has 0 aromatic heterocycles. The van der Waals surface area contributed by atoms with Crippen LogP contribution < -0.4 is 0 Å². The van der Waals surface area contributed by atoms with E-state index in [2.05, 4.69) is 32.9 Å². The molecule has 0 atom stereocenters. The molecule has 0 radical (unpaired) electrons. The van der Waals surface area contributed by atoms with Gasteiger partial charge in [-0.2, -0.15) is 0 Å². The molecule has 1 nitrogen and oxygen atoms in total. The van der Waals surface area contributed by atoms with Gasteiger partial charge in [0.1, 0.15) is 0 Å². The average Bonchev–Trinajstić information content (AvgIpc) is 2.58. The van der Waals surface area contributed by atoms with Gasteiger partial charge in [-0.05, 0) is 49.5 Å². The van der Waals surface area contributed by atoms with Crippen LogP contribution in [0.2, 0.25) is 0 Å². The number of fused-ring (bicyclic) bond motifs is 1. The van der Waals surface area contributed by atoms with E-state index in [9.17, 15) is 4.79 Å². The van der Waals surface area contributed by atoms with Gasteiger partial charge in [0.2, 0.25) is 0 Å². The van der Waals surface area contributed by atoms with Gasteiger partial charge < -0.3 is 0 Å². The fourth-order valence-corrected chi connectivity index (χ4v) is 2.07. The third-order valence-corrected chi connectivity index (χ3v) is 3.17. The van der Waals surface area contributed by atoms with Gasteiger partial charge in [0.05, 0.1) is 0 Å². The van der Waals surface area contributed by atoms with Crippen molar-refractivity contribution < 1.29 is 4.79 Å². The zero-order valence-electron chi connectivity index (χ0n) is 10.0. The van der Waals surface area contributed by atoms with Crippen molar-refractivity contribution in [2.24, 2.45) is 0 Å². The Bertz CT molecular complexity index is 490. The Kier molecular flexibility index (Phi) is 2.78. The molecule has 16 heavy (non-hydrogen) atoms. The van der Waals surface area contributed by atoms with Crippen molar-refractivity contribution in [2.45, 2.75) is 27.2 Å². The predicted molar refractivity (Wildman–Crippen MR) is 67.1 cm³/mol. The molecule has 0 bridgehead atoms. The van der Waals surface area contributed by atoms with Gasteiger partial charge >= 0.3 is 0 Å². The predicted octanol–water partition coefficient (Wildman–Crippen LogP) is 3.66. The van der Waals surface area contributed by atoms with Crippen LogP contribution >= 0.6 is 0 Å². The highest BCUT2D eigenvalue weighted by Crippen LogP contribution is 2.35. The van der Waals surface area contributed by atoms with Crippen LogP contribution in [0.15, 0.2) is 57.7 Å². The van der Waals surface area contributed by atoms with Crippen LogP contribution in [0.3, 0.4) is 0 Å². The molecule has 0 aliphatic heterocycles. The average molecular weight is 212 g/mol. The first-order valence-electron chi connectivity index (χ1n) is 5.56. The van der Waals surface area contributed by atoms with E-state index in [0.29, 0.717) is 0 Å². The highest BCUT2D eigenvalue weighted by atomic mass is 16.1. The molecular formula is C15H16O. The number of aldehydes is 1. The lowest BCUT2D eigenvalue weighted by Crippen LogP contribution is -1.91. The van der Waals surface area contributed by atoms with Crippen molar-refractivity contribution in [3.8, 4) is 0 Å². The lowest BCUT2D eigenvalue weighted by molar-refractivity contribution is -0.104. The largest absolute Gasteiger partial charge is 0.298 e. The van der Waals surface area contributed by atoms with Crippen LogP contribution in [-0.2, 0) is 4.79 Å². The molecule has 0 N–H and O–H groups in total. The topological polar surface area (TPSA) is 17.1 Å². The SMILES string of the molecule is CC1=CCC(=C(C)C)C=C2C(C=O)=CC=C12. The van der Waals surface area contributed by atoms with Gasteiger partial charge in [0, 0.05) is 5.57 Å². The molecular weight excluding hydrogens is 196 g/mol. The Hall–Kier alpha value is -1.63. The first-order chi connectivity index (χ1) is 7.63. The normalized spacial score (nSPS) is 19.1. The van der Waals surface area contributed by atoms with Crippen LogP contribution in [0.1, 0.15) is 27.2 Å². The Balaban J connectivity index is 2.57. The first-order valence-corrected chi connectivity index (χ1v) is 5.56. The molecule has 2 aliphatic rings. The molecule has 0 aromatic carbocycles. The van der Waals surface area contributed by atoms with Crippen molar-refractivity contribution in [3.05, 3.63) is 57.7 Å². The van der Waals surface area contributed by atoms with Crippen LogP contribution in [0, 0.1) is 0 Å². The molecule has 2 rings (SSSR count). The summed E-state index contributed by atoms with van der Waals surface area (Å²) in [6, 6.07) is 0. The van der Waals surface area contributed by atoms with Crippen molar-refractivity contribution in [3.63, 3.8) is 0 Å². The molecule has 0 aromatic rings. The summed E-state index contributed by atoms with van der Waals surface area (Å²) in [5.41, 5.74) is 6.96. The van der Waals surface area contributed by atoms with E-state index in [1.807, 2.05) is 12.2 Å². The second kappa shape index (κ2) is 4.09. The van der Waals surface area contributed by atoms with Crippen LogP contribution in [0.4, 0.5) is 0 Å². The third kappa shape index (κ3) is 1.73. The molecule has 0 heterocycles. The molecule has 0 saturated carbocycles. The van der Waals surface area contributed by atoms with Crippen LogP contribution in [-0.4, -0.2) is 6.29 Å². The van der Waals surface area contributed by atoms with E-state index < -0.39 is 0 Å². The summed E-state index contributed by atoms with van der Waals surface area (Å²) >= 11 is 0. The Labute approximate surface area is 96.6 Å². The second-order valence-electron chi connectivity index (χ2n) is 4.49. The zero-order chi connectivity index (χ0) is 11.7. The summed E-state index contributed by atoms with van der Waals surface area (Å²) in [5, 5.41) is 0. The van der Waals surface area contributed by atoms with E-state index in [4.69, 9.17) is 0 Å². The van der Waals surface area contributed by atoms with Crippen LogP contribution in [0.5, 0.6) is 0 Å². The fraction of sp³-hybridized carbons (Fsp3) is 0.267. The number of carbonyl (C=O) groups excluding carboxylic acids is 1. The first kappa shape index (κ1) is 10.9. The fourth-order valence-electron chi connectivity index (χ4n) is 2.07. The van der Waals surface area contributed by atoms with Crippen molar-refractivity contribution >= 4 is 6.29 Å². The molecule has 1 heteroatoms. The molecule has 0 fully saturated rings. The molecule has 0 saturated heterocycles. The van der Waals surface area contributed by atoms with Crippen molar-refractivity contribution in [2.75, 3.05) is 0 Å². The second-order valence-corrected chi connectivity index (χ2v) is 4.49. The monoisotopic (exact) mass is 212 g/mol. The smallest absolute Gasteiger partial charge is 0.150 e. The molecule has 0 unspecified atom stereocenters. The third-order valence-electron chi connectivity index (χ3n) is 3.17.